The lowest BCUT2D eigenvalue weighted by molar-refractivity contribution is 0.0969. The molecule has 1 aromatic carbocycles. The van der Waals surface area contributed by atoms with E-state index in [1.807, 2.05) is 19.1 Å². The van der Waals surface area contributed by atoms with Gasteiger partial charge in [0.2, 0.25) is 0 Å². The zero-order valence-electron chi connectivity index (χ0n) is 11.7. The van der Waals surface area contributed by atoms with Gasteiger partial charge in [-0.15, -0.1) is 0 Å². The highest BCUT2D eigenvalue weighted by molar-refractivity contribution is 5.97. The van der Waals surface area contributed by atoms with Gasteiger partial charge in [-0.05, 0) is 31.7 Å². The third-order valence-corrected chi connectivity index (χ3v) is 4.19. The van der Waals surface area contributed by atoms with Gasteiger partial charge < -0.3 is 0 Å². The minimum atomic E-state index is 0.332. The molecule has 1 heteroatoms. The van der Waals surface area contributed by atoms with Crippen molar-refractivity contribution in [3.05, 3.63) is 34.9 Å². The van der Waals surface area contributed by atoms with E-state index in [0.29, 0.717) is 5.78 Å². The van der Waals surface area contributed by atoms with Gasteiger partial charge in [0.05, 0.1) is 0 Å². The number of hydrogen-bond donors (Lipinski definition) is 0. The number of carbonyl (C=O) groups is 1. The molecule has 0 spiro atoms. The Morgan fingerprint density at radius 3 is 2.56 bits per heavy atom. The third kappa shape index (κ3) is 3.44. The molecule has 2 rings (SSSR count). The second-order valence-corrected chi connectivity index (χ2v) is 5.78. The van der Waals surface area contributed by atoms with Gasteiger partial charge in [-0.1, -0.05) is 55.9 Å². The maximum absolute atomic E-state index is 12.2. The smallest absolute Gasteiger partial charge is 0.163 e. The molecule has 1 nitrogen and oxygen atoms in total. The Hall–Kier alpha value is -1.11. The molecule has 1 saturated carbocycles. The van der Waals surface area contributed by atoms with E-state index in [2.05, 4.69) is 13.0 Å². The van der Waals surface area contributed by atoms with Crippen LogP contribution in [-0.2, 0) is 0 Å². The summed E-state index contributed by atoms with van der Waals surface area (Å²) in [6.45, 7) is 4.12. The molecule has 1 aromatic rings. The van der Waals surface area contributed by atoms with Gasteiger partial charge in [-0.3, -0.25) is 4.79 Å². The Balaban J connectivity index is 1.90. The topological polar surface area (TPSA) is 17.1 Å². The van der Waals surface area contributed by atoms with Crippen LogP contribution in [0.25, 0.3) is 0 Å². The van der Waals surface area contributed by atoms with Gasteiger partial charge in [0.1, 0.15) is 0 Å². The molecule has 0 amide bonds. The lowest BCUT2D eigenvalue weighted by Crippen LogP contribution is -2.10. The zero-order valence-corrected chi connectivity index (χ0v) is 11.7. The lowest BCUT2D eigenvalue weighted by Gasteiger charge is -2.21. The monoisotopic (exact) mass is 244 g/mol. The summed E-state index contributed by atoms with van der Waals surface area (Å²) in [6, 6.07) is 6.14. The first kappa shape index (κ1) is 13.3. The van der Waals surface area contributed by atoms with Crippen LogP contribution in [-0.4, -0.2) is 5.78 Å². The summed E-state index contributed by atoms with van der Waals surface area (Å²) in [4.78, 5) is 12.2. The van der Waals surface area contributed by atoms with Crippen molar-refractivity contribution in [3.63, 3.8) is 0 Å². The van der Waals surface area contributed by atoms with E-state index in [4.69, 9.17) is 0 Å². The molecule has 1 aliphatic rings. The van der Waals surface area contributed by atoms with Crippen LogP contribution in [0.1, 0.15) is 66.4 Å². The standard InChI is InChI=1S/C17H24O/c1-13-8-10-16(14(2)12-13)17(18)11-9-15-6-4-3-5-7-15/h8,10,12,15H,3-7,9,11H2,1-2H3. The first-order valence-corrected chi connectivity index (χ1v) is 7.27. The molecule has 0 saturated heterocycles. The summed E-state index contributed by atoms with van der Waals surface area (Å²) in [6.07, 6.45) is 8.60. The molecule has 0 bridgehead atoms. The summed E-state index contributed by atoms with van der Waals surface area (Å²) >= 11 is 0. The SMILES string of the molecule is Cc1ccc(C(=O)CCC2CCCCC2)c(C)c1. The molecular weight excluding hydrogens is 220 g/mol. The second kappa shape index (κ2) is 6.17. The fourth-order valence-corrected chi connectivity index (χ4v) is 3.07. The van der Waals surface area contributed by atoms with E-state index in [1.54, 1.807) is 0 Å². The number of rotatable bonds is 4. The highest BCUT2D eigenvalue weighted by Crippen LogP contribution is 2.28. The molecule has 1 aliphatic carbocycles. The molecular formula is C17H24O. The highest BCUT2D eigenvalue weighted by Gasteiger charge is 2.16. The molecule has 1 fully saturated rings. The molecule has 0 N–H and O–H groups in total. The van der Waals surface area contributed by atoms with Gasteiger partial charge in [-0.25, -0.2) is 0 Å². The molecule has 0 radical (unpaired) electrons. The Bertz CT molecular complexity index is 414. The van der Waals surface area contributed by atoms with Crippen LogP contribution in [0.2, 0.25) is 0 Å². The summed E-state index contributed by atoms with van der Waals surface area (Å²) in [5.74, 6) is 1.13. The molecule has 98 valence electrons. The first-order chi connectivity index (χ1) is 8.66. The number of carbonyl (C=O) groups excluding carboxylic acids is 1. The van der Waals surface area contributed by atoms with Crippen molar-refractivity contribution in [2.75, 3.05) is 0 Å². The van der Waals surface area contributed by atoms with Crippen molar-refractivity contribution in [1.29, 1.82) is 0 Å². The van der Waals surface area contributed by atoms with Crippen molar-refractivity contribution < 1.29 is 4.79 Å². The average Bonchev–Trinajstić information content (AvgIpc) is 2.37. The quantitative estimate of drug-likeness (QED) is 0.692. The number of hydrogen-bond acceptors (Lipinski definition) is 1. The predicted molar refractivity (Wildman–Crippen MR) is 76.1 cm³/mol. The van der Waals surface area contributed by atoms with Crippen LogP contribution < -0.4 is 0 Å². The van der Waals surface area contributed by atoms with Gasteiger partial charge in [0.25, 0.3) is 0 Å². The number of benzene rings is 1. The van der Waals surface area contributed by atoms with E-state index in [-0.39, 0.29) is 0 Å². The van der Waals surface area contributed by atoms with Crippen molar-refractivity contribution in [2.24, 2.45) is 5.92 Å². The molecule has 0 heterocycles. The van der Waals surface area contributed by atoms with E-state index in [9.17, 15) is 4.79 Å². The predicted octanol–water partition coefficient (Wildman–Crippen LogP) is 4.85. The first-order valence-electron chi connectivity index (χ1n) is 7.27. The summed E-state index contributed by atoms with van der Waals surface area (Å²) < 4.78 is 0. The van der Waals surface area contributed by atoms with Crippen LogP contribution in [0.5, 0.6) is 0 Å². The van der Waals surface area contributed by atoms with Crippen LogP contribution in [0, 0.1) is 19.8 Å². The summed E-state index contributed by atoms with van der Waals surface area (Å²) in [5.41, 5.74) is 3.29. The third-order valence-electron chi connectivity index (χ3n) is 4.19. The van der Waals surface area contributed by atoms with E-state index < -0.39 is 0 Å². The lowest BCUT2D eigenvalue weighted by atomic mass is 9.85. The van der Waals surface area contributed by atoms with Gasteiger partial charge in [0, 0.05) is 12.0 Å². The van der Waals surface area contributed by atoms with Crippen molar-refractivity contribution in [1.82, 2.24) is 0 Å². The fraction of sp³-hybridized carbons (Fsp3) is 0.588. The zero-order chi connectivity index (χ0) is 13.0. The summed E-state index contributed by atoms with van der Waals surface area (Å²) in [5, 5.41) is 0. The Morgan fingerprint density at radius 1 is 1.17 bits per heavy atom. The van der Waals surface area contributed by atoms with Gasteiger partial charge in [0.15, 0.2) is 5.78 Å². The van der Waals surface area contributed by atoms with Crippen molar-refractivity contribution in [3.8, 4) is 0 Å². The van der Waals surface area contributed by atoms with E-state index >= 15 is 0 Å². The van der Waals surface area contributed by atoms with Crippen molar-refractivity contribution in [2.45, 2.75) is 58.8 Å². The van der Waals surface area contributed by atoms with Crippen molar-refractivity contribution >= 4 is 5.78 Å². The fourth-order valence-electron chi connectivity index (χ4n) is 3.07. The van der Waals surface area contributed by atoms with Crippen LogP contribution in [0.3, 0.4) is 0 Å². The average molecular weight is 244 g/mol. The van der Waals surface area contributed by atoms with E-state index in [1.165, 1.54) is 37.7 Å². The Kier molecular flexibility index (Phi) is 4.57. The largest absolute Gasteiger partial charge is 0.294 e. The molecule has 18 heavy (non-hydrogen) atoms. The highest BCUT2D eigenvalue weighted by atomic mass is 16.1. The second-order valence-electron chi connectivity index (χ2n) is 5.78. The maximum Gasteiger partial charge on any atom is 0.163 e. The number of Topliss-reactive ketones (excluding diaryl/α,β-unsaturated/α-hetero) is 1. The molecule has 0 unspecified atom stereocenters. The minimum absolute atomic E-state index is 0.332. The van der Waals surface area contributed by atoms with Gasteiger partial charge >= 0.3 is 0 Å². The van der Waals surface area contributed by atoms with Crippen LogP contribution in [0.15, 0.2) is 18.2 Å². The molecule has 0 aliphatic heterocycles. The van der Waals surface area contributed by atoms with Crippen LogP contribution in [0.4, 0.5) is 0 Å². The molecule has 0 atom stereocenters. The maximum atomic E-state index is 12.2. The normalized spacial score (nSPS) is 16.8. The number of aryl methyl sites for hydroxylation is 2. The molecule has 0 aromatic heterocycles. The minimum Gasteiger partial charge on any atom is -0.294 e. The van der Waals surface area contributed by atoms with Gasteiger partial charge in [-0.2, -0.15) is 0 Å². The van der Waals surface area contributed by atoms with Crippen LogP contribution >= 0.6 is 0 Å². The summed E-state index contributed by atoms with van der Waals surface area (Å²) in [7, 11) is 0. The Morgan fingerprint density at radius 2 is 1.89 bits per heavy atom. The number of ketones is 1. The van der Waals surface area contributed by atoms with E-state index in [0.717, 1.165) is 29.9 Å². The Labute approximate surface area is 111 Å².